The predicted molar refractivity (Wildman–Crippen MR) is 95.7 cm³/mol. The minimum Gasteiger partial charge on any atom is -0.486 e. The van der Waals surface area contributed by atoms with Gasteiger partial charge >= 0.3 is 0 Å². The Balaban J connectivity index is 1.33. The van der Waals surface area contributed by atoms with Gasteiger partial charge in [0.05, 0.1) is 24.4 Å². The molecule has 0 saturated carbocycles. The lowest BCUT2D eigenvalue weighted by atomic mass is 9.91. The van der Waals surface area contributed by atoms with Crippen LogP contribution < -0.4 is 10.1 Å². The van der Waals surface area contributed by atoms with E-state index in [-0.39, 0.29) is 5.54 Å². The average molecular weight is 356 g/mol. The van der Waals surface area contributed by atoms with Crippen LogP contribution in [0.1, 0.15) is 16.3 Å². The maximum Gasteiger partial charge on any atom is 0.174 e. The minimum absolute atomic E-state index is 0.0571. The van der Waals surface area contributed by atoms with Crippen LogP contribution in [0.4, 0.5) is 0 Å². The molecule has 1 aliphatic rings. The first kappa shape index (κ1) is 16.3. The highest BCUT2D eigenvalue weighted by Gasteiger charge is 2.39. The van der Waals surface area contributed by atoms with E-state index in [1.165, 1.54) is 4.88 Å². The van der Waals surface area contributed by atoms with Gasteiger partial charge in [-0.1, -0.05) is 29.4 Å². The van der Waals surface area contributed by atoms with Gasteiger partial charge in [-0.25, -0.2) is 0 Å². The van der Waals surface area contributed by atoms with Crippen molar-refractivity contribution in [3.05, 3.63) is 70.2 Å². The van der Waals surface area contributed by atoms with E-state index in [0.717, 1.165) is 30.2 Å². The van der Waals surface area contributed by atoms with Crippen LogP contribution in [0.15, 0.2) is 58.4 Å². The molecule has 0 atom stereocenters. The van der Waals surface area contributed by atoms with Crippen LogP contribution in [0.25, 0.3) is 0 Å². The van der Waals surface area contributed by atoms with Crippen LogP contribution in [0, 0.1) is 0 Å². The highest BCUT2D eigenvalue weighted by atomic mass is 32.1. The normalized spacial score (nSPS) is 15.7. The molecule has 0 amide bonds. The molecule has 0 spiro atoms. The van der Waals surface area contributed by atoms with Crippen molar-refractivity contribution in [3.63, 3.8) is 0 Å². The Morgan fingerprint density at radius 2 is 2.04 bits per heavy atom. The molecule has 2 aromatic heterocycles. The Morgan fingerprint density at radius 3 is 2.76 bits per heavy atom. The van der Waals surface area contributed by atoms with Gasteiger partial charge in [-0.05, 0) is 23.6 Å². The van der Waals surface area contributed by atoms with Gasteiger partial charge in [-0.3, -0.25) is 0 Å². The molecule has 3 heterocycles. The number of hydrogen-bond donors (Lipinski definition) is 1. The average Bonchev–Trinajstić information content (AvgIpc) is 3.28. The summed E-state index contributed by atoms with van der Waals surface area (Å²) in [7, 11) is 0. The summed E-state index contributed by atoms with van der Waals surface area (Å²) in [6, 6.07) is 15.9. The topological polar surface area (TPSA) is 56.5 Å². The fourth-order valence-corrected chi connectivity index (χ4v) is 3.47. The standard InChI is InChI=1S/C19H20N2O3S/c1-2-5-16(6-3-1)23-12-17-9-15(21-24-17)10-19(13-22-14-19)20-11-18-7-4-8-25-18/h1-9,20H,10-14H2. The van der Waals surface area contributed by atoms with E-state index in [9.17, 15) is 0 Å². The first-order chi connectivity index (χ1) is 12.3. The molecule has 6 heteroatoms. The van der Waals surface area contributed by atoms with E-state index >= 15 is 0 Å². The van der Waals surface area contributed by atoms with Crippen molar-refractivity contribution >= 4 is 11.3 Å². The lowest BCUT2D eigenvalue weighted by Gasteiger charge is -2.41. The zero-order valence-corrected chi connectivity index (χ0v) is 14.6. The Morgan fingerprint density at radius 1 is 1.16 bits per heavy atom. The molecule has 4 rings (SSSR count). The van der Waals surface area contributed by atoms with Gasteiger partial charge in [-0.2, -0.15) is 0 Å². The zero-order valence-electron chi connectivity index (χ0n) is 13.8. The Labute approximate surface area is 150 Å². The van der Waals surface area contributed by atoms with Gasteiger partial charge in [0.25, 0.3) is 0 Å². The molecule has 1 aromatic carbocycles. The van der Waals surface area contributed by atoms with Crippen molar-refractivity contribution in [2.75, 3.05) is 13.2 Å². The van der Waals surface area contributed by atoms with E-state index < -0.39 is 0 Å². The molecule has 0 unspecified atom stereocenters. The van der Waals surface area contributed by atoms with Crippen LogP contribution in [0.3, 0.4) is 0 Å². The van der Waals surface area contributed by atoms with Crippen LogP contribution in [0.5, 0.6) is 5.75 Å². The summed E-state index contributed by atoms with van der Waals surface area (Å²) in [5, 5.41) is 9.91. The van der Waals surface area contributed by atoms with Crippen molar-refractivity contribution in [2.45, 2.75) is 25.1 Å². The van der Waals surface area contributed by atoms with Crippen molar-refractivity contribution in [2.24, 2.45) is 0 Å². The highest BCUT2D eigenvalue weighted by molar-refractivity contribution is 7.09. The highest BCUT2D eigenvalue weighted by Crippen LogP contribution is 2.24. The summed E-state index contributed by atoms with van der Waals surface area (Å²) in [5.74, 6) is 1.55. The fraction of sp³-hybridized carbons (Fsp3) is 0.316. The Kier molecular flexibility index (Phi) is 4.83. The third kappa shape index (κ3) is 4.10. The summed E-state index contributed by atoms with van der Waals surface area (Å²) in [6.07, 6.45) is 0.785. The molecule has 5 nitrogen and oxygen atoms in total. The molecule has 3 aromatic rings. The van der Waals surface area contributed by atoms with Crippen LogP contribution in [-0.4, -0.2) is 23.9 Å². The van der Waals surface area contributed by atoms with Crippen molar-refractivity contribution in [1.29, 1.82) is 0 Å². The predicted octanol–water partition coefficient (Wildman–Crippen LogP) is 3.42. The number of hydrogen-bond acceptors (Lipinski definition) is 6. The smallest absolute Gasteiger partial charge is 0.174 e. The molecule has 1 aliphatic heterocycles. The molecule has 0 aliphatic carbocycles. The molecular weight excluding hydrogens is 336 g/mol. The summed E-state index contributed by atoms with van der Waals surface area (Å²) in [6.45, 7) is 2.62. The van der Waals surface area contributed by atoms with Crippen molar-refractivity contribution in [3.8, 4) is 5.75 Å². The van der Waals surface area contributed by atoms with Crippen molar-refractivity contribution < 1.29 is 14.0 Å². The van der Waals surface area contributed by atoms with Gasteiger partial charge < -0.3 is 19.3 Å². The van der Waals surface area contributed by atoms with Crippen LogP contribution >= 0.6 is 11.3 Å². The number of benzene rings is 1. The number of rotatable bonds is 8. The first-order valence-electron chi connectivity index (χ1n) is 8.29. The number of para-hydroxylation sites is 1. The van der Waals surface area contributed by atoms with E-state index in [2.05, 4.69) is 28.0 Å². The number of nitrogens with zero attached hydrogens (tertiary/aromatic N) is 1. The fourth-order valence-electron chi connectivity index (χ4n) is 2.83. The molecule has 1 saturated heterocycles. The maximum atomic E-state index is 5.70. The Bertz CT molecular complexity index is 782. The molecule has 0 bridgehead atoms. The largest absolute Gasteiger partial charge is 0.486 e. The van der Waals surface area contributed by atoms with E-state index in [0.29, 0.717) is 19.8 Å². The molecule has 0 radical (unpaired) electrons. The molecule has 1 fully saturated rings. The third-order valence-electron chi connectivity index (χ3n) is 4.23. The number of nitrogens with one attached hydrogen (secondary N) is 1. The van der Waals surface area contributed by atoms with Crippen molar-refractivity contribution in [1.82, 2.24) is 10.5 Å². The molecule has 25 heavy (non-hydrogen) atoms. The second kappa shape index (κ2) is 7.39. The molecule has 1 N–H and O–H groups in total. The van der Waals surface area contributed by atoms with Gasteiger partial charge in [0.2, 0.25) is 0 Å². The third-order valence-corrected chi connectivity index (χ3v) is 5.10. The summed E-state index contributed by atoms with van der Waals surface area (Å²) >= 11 is 1.76. The summed E-state index contributed by atoms with van der Waals surface area (Å²) < 4.78 is 16.6. The maximum absolute atomic E-state index is 5.70. The van der Waals surface area contributed by atoms with Gasteiger partial charge in [0.15, 0.2) is 5.76 Å². The monoisotopic (exact) mass is 356 g/mol. The number of ether oxygens (including phenoxy) is 2. The number of thiophene rings is 1. The van der Waals surface area contributed by atoms with Gasteiger partial charge in [0, 0.05) is 23.9 Å². The van der Waals surface area contributed by atoms with E-state index in [1.807, 2.05) is 36.4 Å². The van der Waals surface area contributed by atoms with Gasteiger partial charge in [-0.15, -0.1) is 11.3 Å². The lowest BCUT2D eigenvalue weighted by molar-refractivity contribution is -0.0754. The SMILES string of the molecule is c1ccc(OCc2cc(CC3(NCc4cccs4)COC3)no2)cc1. The Hall–Kier alpha value is -2.15. The molecule has 130 valence electrons. The van der Waals surface area contributed by atoms with E-state index in [1.54, 1.807) is 11.3 Å². The summed E-state index contributed by atoms with van der Waals surface area (Å²) in [5.41, 5.74) is 0.868. The van der Waals surface area contributed by atoms with Crippen LogP contribution in [-0.2, 0) is 24.3 Å². The first-order valence-corrected chi connectivity index (χ1v) is 9.17. The number of aromatic nitrogens is 1. The summed E-state index contributed by atoms with van der Waals surface area (Å²) in [4.78, 5) is 1.32. The second-order valence-corrected chi connectivity index (χ2v) is 7.30. The zero-order chi connectivity index (χ0) is 17.0. The van der Waals surface area contributed by atoms with Gasteiger partial charge in [0.1, 0.15) is 12.4 Å². The van der Waals surface area contributed by atoms with Crippen LogP contribution in [0.2, 0.25) is 0 Å². The lowest BCUT2D eigenvalue weighted by Crippen LogP contribution is -2.61. The molecular formula is C19H20N2O3S. The minimum atomic E-state index is -0.0571. The quantitative estimate of drug-likeness (QED) is 0.670. The second-order valence-electron chi connectivity index (χ2n) is 6.27. The van der Waals surface area contributed by atoms with E-state index in [4.69, 9.17) is 14.0 Å².